The molecule has 1 aliphatic heterocycles. The molecule has 1 N–H and O–H groups in total. The van der Waals surface area contributed by atoms with Gasteiger partial charge in [0.2, 0.25) is 11.8 Å². The molecule has 2 aromatic rings. The minimum Gasteiger partial charge on any atom is -0.338 e. The van der Waals surface area contributed by atoms with Crippen LogP contribution in [0.15, 0.2) is 42.5 Å². The van der Waals surface area contributed by atoms with Crippen molar-refractivity contribution in [2.24, 2.45) is 5.92 Å². The van der Waals surface area contributed by atoms with Gasteiger partial charge in [0.15, 0.2) is 0 Å². The summed E-state index contributed by atoms with van der Waals surface area (Å²) in [5.41, 5.74) is 3.81. The maximum absolute atomic E-state index is 13.0. The molecule has 0 saturated carbocycles. The number of halogens is 1. The minimum absolute atomic E-state index is 0.0478. The van der Waals surface area contributed by atoms with Crippen molar-refractivity contribution in [1.29, 1.82) is 0 Å². The van der Waals surface area contributed by atoms with E-state index in [2.05, 4.69) is 19.2 Å². The van der Waals surface area contributed by atoms with Crippen LogP contribution in [0.25, 0.3) is 0 Å². The molecule has 1 aliphatic rings. The molecular formula is C22H25FN2O2. The highest BCUT2D eigenvalue weighted by Crippen LogP contribution is 2.29. The average molecular weight is 368 g/mol. The summed E-state index contributed by atoms with van der Waals surface area (Å²) in [6.45, 7) is 6.93. The number of anilines is 1. The Morgan fingerprint density at radius 1 is 1.22 bits per heavy atom. The van der Waals surface area contributed by atoms with Gasteiger partial charge in [0.1, 0.15) is 5.82 Å². The van der Waals surface area contributed by atoms with Crippen molar-refractivity contribution in [3.8, 4) is 0 Å². The molecular weight excluding hydrogens is 343 g/mol. The molecule has 1 fully saturated rings. The first kappa shape index (κ1) is 19.1. The third kappa shape index (κ3) is 4.35. The Labute approximate surface area is 159 Å². The number of para-hydroxylation sites is 1. The van der Waals surface area contributed by atoms with Crippen molar-refractivity contribution in [2.45, 2.75) is 39.7 Å². The van der Waals surface area contributed by atoms with Crippen LogP contribution in [0.3, 0.4) is 0 Å². The molecule has 142 valence electrons. The Kier molecular flexibility index (Phi) is 5.59. The topological polar surface area (TPSA) is 49.4 Å². The second-order valence-electron chi connectivity index (χ2n) is 7.48. The van der Waals surface area contributed by atoms with Crippen LogP contribution in [0.5, 0.6) is 0 Å². The summed E-state index contributed by atoms with van der Waals surface area (Å²) in [6, 6.07) is 12.1. The minimum atomic E-state index is -0.377. The summed E-state index contributed by atoms with van der Waals surface area (Å²) in [5, 5.41) is 3.05. The van der Waals surface area contributed by atoms with Crippen LogP contribution in [0, 0.1) is 18.7 Å². The molecule has 1 saturated heterocycles. The van der Waals surface area contributed by atoms with Gasteiger partial charge >= 0.3 is 0 Å². The molecule has 1 heterocycles. The maximum atomic E-state index is 13.0. The normalized spacial score (nSPS) is 16.9. The van der Waals surface area contributed by atoms with Crippen LogP contribution in [0.4, 0.5) is 10.1 Å². The molecule has 4 nitrogen and oxygen atoms in total. The quantitative estimate of drug-likeness (QED) is 0.858. The third-order valence-electron chi connectivity index (χ3n) is 5.05. The van der Waals surface area contributed by atoms with E-state index in [0.29, 0.717) is 19.0 Å². The molecule has 2 amide bonds. The molecule has 0 aliphatic carbocycles. The summed E-state index contributed by atoms with van der Waals surface area (Å²) in [4.78, 5) is 26.8. The summed E-state index contributed by atoms with van der Waals surface area (Å²) in [5.74, 6) is -0.560. The lowest BCUT2D eigenvalue weighted by Crippen LogP contribution is -2.28. The number of nitrogens with one attached hydrogen (secondary N) is 1. The van der Waals surface area contributed by atoms with Gasteiger partial charge in [0.25, 0.3) is 0 Å². The van der Waals surface area contributed by atoms with Crippen LogP contribution in [-0.2, 0) is 16.1 Å². The molecule has 3 rings (SSSR count). The van der Waals surface area contributed by atoms with Crippen LogP contribution in [-0.4, -0.2) is 23.3 Å². The zero-order chi connectivity index (χ0) is 19.6. The van der Waals surface area contributed by atoms with Crippen LogP contribution >= 0.6 is 0 Å². The van der Waals surface area contributed by atoms with Crippen molar-refractivity contribution >= 4 is 17.5 Å². The van der Waals surface area contributed by atoms with Gasteiger partial charge in [-0.15, -0.1) is 0 Å². The summed E-state index contributed by atoms with van der Waals surface area (Å²) in [6.07, 6.45) is 0.204. The second-order valence-corrected chi connectivity index (χ2v) is 7.48. The number of rotatable bonds is 5. The molecule has 0 spiro atoms. The lowest BCUT2D eigenvalue weighted by atomic mass is 9.97. The van der Waals surface area contributed by atoms with Crippen molar-refractivity contribution < 1.29 is 14.0 Å². The number of carbonyl (C=O) groups is 2. The van der Waals surface area contributed by atoms with E-state index in [1.807, 2.05) is 25.1 Å². The predicted octanol–water partition coefficient (Wildman–Crippen LogP) is 4.24. The Balaban J connectivity index is 1.68. The number of likely N-dealkylation sites (tertiary alicyclic amines) is 1. The van der Waals surface area contributed by atoms with Gasteiger partial charge in [0.05, 0.1) is 5.92 Å². The summed E-state index contributed by atoms with van der Waals surface area (Å²) >= 11 is 0. The van der Waals surface area contributed by atoms with Gasteiger partial charge in [-0.05, 0) is 41.7 Å². The fourth-order valence-electron chi connectivity index (χ4n) is 3.48. The highest BCUT2D eigenvalue weighted by molar-refractivity contribution is 5.98. The van der Waals surface area contributed by atoms with E-state index in [-0.39, 0.29) is 30.0 Å². The fourth-order valence-corrected chi connectivity index (χ4v) is 3.48. The van der Waals surface area contributed by atoms with E-state index in [1.54, 1.807) is 17.0 Å². The molecule has 2 aromatic carbocycles. The zero-order valence-electron chi connectivity index (χ0n) is 16.0. The molecule has 27 heavy (non-hydrogen) atoms. The molecule has 0 aromatic heterocycles. The number of amides is 2. The van der Waals surface area contributed by atoms with Crippen molar-refractivity contribution in [1.82, 2.24) is 4.90 Å². The van der Waals surface area contributed by atoms with E-state index in [4.69, 9.17) is 0 Å². The largest absolute Gasteiger partial charge is 0.338 e. The standard InChI is InChI=1S/C22H25FN2O2/c1-14(2)19-6-4-5-15(3)21(19)24-22(27)17-11-20(26)25(13-17)12-16-7-9-18(23)10-8-16/h4-10,14,17H,11-13H2,1-3H3,(H,24,27). The highest BCUT2D eigenvalue weighted by Gasteiger charge is 2.34. The molecule has 0 bridgehead atoms. The molecule has 1 atom stereocenters. The van der Waals surface area contributed by atoms with Gasteiger partial charge in [-0.2, -0.15) is 0 Å². The number of carbonyl (C=O) groups excluding carboxylic acids is 2. The first-order chi connectivity index (χ1) is 12.8. The zero-order valence-corrected chi connectivity index (χ0v) is 16.0. The van der Waals surface area contributed by atoms with Gasteiger partial charge < -0.3 is 10.2 Å². The third-order valence-corrected chi connectivity index (χ3v) is 5.05. The first-order valence-corrected chi connectivity index (χ1v) is 9.27. The average Bonchev–Trinajstić information content (AvgIpc) is 2.99. The van der Waals surface area contributed by atoms with Crippen LogP contribution in [0.1, 0.15) is 42.9 Å². The van der Waals surface area contributed by atoms with E-state index >= 15 is 0 Å². The van der Waals surface area contributed by atoms with Crippen LogP contribution < -0.4 is 5.32 Å². The van der Waals surface area contributed by atoms with Gasteiger partial charge in [-0.25, -0.2) is 4.39 Å². The van der Waals surface area contributed by atoms with E-state index in [9.17, 15) is 14.0 Å². The highest BCUT2D eigenvalue weighted by atomic mass is 19.1. The Bertz CT molecular complexity index is 846. The molecule has 0 radical (unpaired) electrons. The number of aryl methyl sites for hydroxylation is 1. The van der Waals surface area contributed by atoms with E-state index < -0.39 is 0 Å². The lowest BCUT2D eigenvalue weighted by Gasteiger charge is -2.19. The Hall–Kier alpha value is -2.69. The van der Waals surface area contributed by atoms with Crippen molar-refractivity contribution in [3.05, 3.63) is 65.0 Å². The van der Waals surface area contributed by atoms with Crippen molar-refractivity contribution in [2.75, 3.05) is 11.9 Å². The fraction of sp³-hybridized carbons (Fsp3) is 0.364. The maximum Gasteiger partial charge on any atom is 0.229 e. The number of hydrogen-bond acceptors (Lipinski definition) is 2. The summed E-state index contributed by atoms with van der Waals surface area (Å²) < 4.78 is 13.0. The first-order valence-electron chi connectivity index (χ1n) is 9.27. The van der Waals surface area contributed by atoms with Crippen molar-refractivity contribution in [3.63, 3.8) is 0 Å². The molecule has 5 heteroatoms. The number of hydrogen-bond donors (Lipinski definition) is 1. The van der Waals surface area contributed by atoms with E-state index in [0.717, 1.165) is 22.4 Å². The van der Waals surface area contributed by atoms with Crippen LogP contribution in [0.2, 0.25) is 0 Å². The van der Waals surface area contributed by atoms with E-state index in [1.165, 1.54) is 12.1 Å². The number of benzene rings is 2. The monoisotopic (exact) mass is 368 g/mol. The SMILES string of the molecule is Cc1cccc(C(C)C)c1NC(=O)C1CC(=O)N(Cc2ccc(F)cc2)C1. The van der Waals surface area contributed by atoms with Gasteiger partial charge in [0, 0.05) is 25.2 Å². The lowest BCUT2D eigenvalue weighted by molar-refractivity contribution is -0.128. The number of nitrogens with zero attached hydrogens (tertiary/aromatic N) is 1. The van der Waals surface area contributed by atoms with Gasteiger partial charge in [-0.3, -0.25) is 9.59 Å². The Morgan fingerprint density at radius 3 is 2.59 bits per heavy atom. The molecule has 1 unspecified atom stereocenters. The second kappa shape index (κ2) is 7.91. The predicted molar refractivity (Wildman–Crippen MR) is 104 cm³/mol. The Morgan fingerprint density at radius 2 is 1.93 bits per heavy atom. The summed E-state index contributed by atoms with van der Waals surface area (Å²) in [7, 11) is 0. The van der Waals surface area contributed by atoms with Gasteiger partial charge in [-0.1, -0.05) is 44.2 Å². The smallest absolute Gasteiger partial charge is 0.229 e.